The average Bonchev–Trinajstić information content (AvgIpc) is 2.47. The number of nitrogens with zero attached hydrogens (tertiary/aromatic N) is 2. The first-order chi connectivity index (χ1) is 10.00. The Balaban J connectivity index is 2.15. The molecule has 0 aliphatic carbocycles. The number of benzene rings is 1. The van der Waals surface area contributed by atoms with E-state index in [9.17, 15) is 8.42 Å². The lowest BCUT2D eigenvalue weighted by molar-refractivity contribution is 0.316. The maximum Gasteiger partial charge on any atom is 0.243 e. The van der Waals surface area contributed by atoms with Crippen molar-refractivity contribution < 1.29 is 8.42 Å². The molecule has 0 unspecified atom stereocenters. The number of halogens is 1. The number of hydrogen-bond donors (Lipinski definition) is 1. The van der Waals surface area contributed by atoms with Crippen molar-refractivity contribution >= 4 is 36.7 Å². The van der Waals surface area contributed by atoms with Gasteiger partial charge in [-0.05, 0) is 34.8 Å². The molecule has 0 spiro atoms. The largest absolute Gasteiger partial charge is 0.327 e. The van der Waals surface area contributed by atoms with Crippen molar-refractivity contribution in [2.45, 2.75) is 23.8 Å². The molecule has 112 valence electrons. The third kappa shape index (κ3) is 2.70. The van der Waals surface area contributed by atoms with E-state index in [2.05, 4.69) is 20.9 Å². The summed E-state index contributed by atoms with van der Waals surface area (Å²) >= 11 is 3.41. The molecule has 3 rings (SSSR count). The average molecular weight is 370 g/mol. The van der Waals surface area contributed by atoms with Crippen LogP contribution in [0, 0.1) is 0 Å². The van der Waals surface area contributed by atoms with Crippen molar-refractivity contribution in [3.05, 3.63) is 35.1 Å². The van der Waals surface area contributed by atoms with Crippen molar-refractivity contribution in [2.75, 3.05) is 13.1 Å². The molecule has 1 aliphatic heterocycles. The Hall–Kier alpha value is -1.02. The van der Waals surface area contributed by atoms with E-state index in [1.165, 1.54) is 4.31 Å². The topological polar surface area (TPSA) is 76.3 Å². The second-order valence-electron chi connectivity index (χ2n) is 5.24. The number of sulfonamides is 1. The van der Waals surface area contributed by atoms with Crippen LogP contribution in [-0.2, 0) is 10.0 Å². The van der Waals surface area contributed by atoms with E-state index < -0.39 is 10.0 Å². The summed E-state index contributed by atoms with van der Waals surface area (Å²) < 4.78 is 28.0. The van der Waals surface area contributed by atoms with Crippen molar-refractivity contribution in [1.82, 2.24) is 9.29 Å². The van der Waals surface area contributed by atoms with Crippen LogP contribution in [-0.4, -0.2) is 36.8 Å². The zero-order chi connectivity index (χ0) is 15.0. The molecule has 1 aliphatic rings. The molecular formula is C14H16BrN3O2S. The van der Waals surface area contributed by atoms with Crippen LogP contribution in [0.25, 0.3) is 10.8 Å². The van der Waals surface area contributed by atoms with E-state index >= 15 is 0 Å². The van der Waals surface area contributed by atoms with Crippen LogP contribution < -0.4 is 5.73 Å². The fourth-order valence-corrected chi connectivity index (χ4v) is 5.17. The summed E-state index contributed by atoms with van der Waals surface area (Å²) in [4.78, 5) is 4.39. The zero-order valence-electron chi connectivity index (χ0n) is 11.4. The smallest absolute Gasteiger partial charge is 0.243 e. The minimum absolute atomic E-state index is 0.0893. The summed E-state index contributed by atoms with van der Waals surface area (Å²) in [6.07, 6.45) is 4.95. The Labute approximate surface area is 132 Å². The van der Waals surface area contributed by atoms with Gasteiger partial charge < -0.3 is 5.73 Å². The van der Waals surface area contributed by atoms with E-state index in [0.717, 1.165) is 18.2 Å². The lowest BCUT2D eigenvalue weighted by atomic mass is 10.1. The Morgan fingerprint density at radius 3 is 2.90 bits per heavy atom. The fourth-order valence-electron chi connectivity index (χ4n) is 2.71. The Kier molecular flexibility index (Phi) is 4.00. The second-order valence-corrected chi connectivity index (χ2v) is 8.00. The van der Waals surface area contributed by atoms with Gasteiger partial charge in [-0.15, -0.1) is 0 Å². The van der Waals surface area contributed by atoms with Gasteiger partial charge in [-0.1, -0.05) is 12.1 Å². The molecule has 2 heterocycles. The van der Waals surface area contributed by atoms with Crippen LogP contribution in [0.4, 0.5) is 0 Å². The molecule has 7 heteroatoms. The van der Waals surface area contributed by atoms with Gasteiger partial charge in [0.05, 0.1) is 4.90 Å². The van der Waals surface area contributed by atoms with Crippen LogP contribution >= 0.6 is 15.9 Å². The Morgan fingerprint density at radius 1 is 1.33 bits per heavy atom. The number of rotatable bonds is 2. The maximum absolute atomic E-state index is 12.9. The van der Waals surface area contributed by atoms with Gasteiger partial charge in [0, 0.05) is 46.8 Å². The monoisotopic (exact) mass is 369 g/mol. The minimum atomic E-state index is -3.55. The summed E-state index contributed by atoms with van der Waals surface area (Å²) in [7, 11) is -3.55. The van der Waals surface area contributed by atoms with Gasteiger partial charge in [-0.3, -0.25) is 4.98 Å². The Bertz CT molecular complexity index is 774. The SMILES string of the molecule is N[C@H]1CCCN(S(=O)(=O)c2cccc3cncc(Br)c23)C1. The predicted molar refractivity (Wildman–Crippen MR) is 85.4 cm³/mol. The molecule has 2 N–H and O–H groups in total. The molecule has 0 amide bonds. The molecule has 1 atom stereocenters. The summed E-state index contributed by atoms with van der Waals surface area (Å²) in [5.74, 6) is 0. The van der Waals surface area contributed by atoms with Crippen LogP contribution in [0.3, 0.4) is 0 Å². The standard InChI is InChI=1S/C14H16BrN3O2S/c15-12-8-17-7-10-3-1-5-13(14(10)12)21(19,20)18-6-2-4-11(16)9-18/h1,3,5,7-8,11H,2,4,6,9,16H2/t11-/m0/s1. The van der Waals surface area contributed by atoms with Gasteiger partial charge in [0.15, 0.2) is 0 Å². The molecule has 2 aromatic rings. The summed E-state index contributed by atoms with van der Waals surface area (Å²) in [5, 5.41) is 1.47. The molecular weight excluding hydrogens is 354 g/mol. The molecule has 0 saturated carbocycles. The molecule has 1 aromatic heterocycles. The highest BCUT2D eigenvalue weighted by Crippen LogP contribution is 2.31. The molecule has 5 nitrogen and oxygen atoms in total. The molecule has 1 fully saturated rings. The van der Waals surface area contributed by atoms with Crippen molar-refractivity contribution in [3.63, 3.8) is 0 Å². The predicted octanol–water partition coefficient (Wildman–Crippen LogP) is 2.11. The van der Waals surface area contributed by atoms with Crippen molar-refractivity contribution in [1.29, 1.82) is 0 Å². The van der Waals surface area contributed by atoms with Gasteiger partial charge >= 0.3 is 0 Å². The first kappa shape index (κ1) is 14.9. The highest BCUT2D eigenvalue weighted by molar-refractivity contribution is 9.10. The number of nitrogens with two attached hydrogens (primary N) is 1. The van der Waals surface area contributed by atoms with E-state index in [4.69, 9.17) is 5.73 Å². The summed E-state index contributed by atoms with van der Waals surface area (Å²) in [5.41, 5.74) is 5.92. The summed E-state index contributed by atoms with van der Waals surface area (Å²) in [6, 6.07) is 5.15. The van der Waals surface area contributed by atoms with E-state index in [1.54, 1.807) is 24.5 Å². The normalized spacial score (nSPS) is 20.8. The third-order valence-electron chi connectivity index (χ3n) is 3.74. The minimum Gasteiger partial charge on any atom is -0.327 e. The van der Waals surface area contributed by atoms with Gasteiger partial charge in [0.1, 0.15) is 0 Å². The quantitative estimate of drug-likeness (QED) is 0.879. The van der Waals surface area contributed by atoms with Gasteiger partial charge in [0.2, 0.25) is 10.0 Å². The van der Waals surface area contributed by atoms with Crippen LogP contribution in [0.15, 0.2) is 40.0 Å². The first-order valence-electron chi connectivity index (χ1n) is 6.78. The summed E-state index contributed by atoms with van der Waals surface area (Å²) in [6.45, 7) is 0.899. The number of piperidine rings is 1. The number of hydrogen-bond acceptors (Lipinski definition) is 4. The molecule has 1 saturated heterocycles. The van der Waals surface area contributed by atoms with E-state index in [-0.39, 0.29) is 6.04 Å². The molecule has 21 heavy (non-hydrogen) atoms. The van der Waals surface area contributed by atoms with Crippen molar-refractivity contribution in [2.24, 2.45) is 5.73 Å². The highest BCUT2D eigenvalue weighted by Gasteiger charge is 2.30. The first-order valence-corrected chi connectivity index (χ1v) is 9.01. The number of aromatic nitrogens is 1. The Morgan fingerprint density at radius 2 is 2.14 bits per heavy atom. The zero-order valence-corrected chi connectivity index (χ0v) is 13.8. The fraction of sp³-hybridized carbons (Fsp3) is 0.357. The van der Waals surface area contributed by atoms with Crippen LogP contribution in [0.1, 0.15) is 12.8 Å². The van der Waals surface area contributed by atoms with Gasteiger partial charge in [-0.25, -0.2) is 8.42 Å². The van der Waals surface area contributed by atoms with Crippen molar-refractivity contribution in [3.8, 4) is 0 Å². The molecule has 1 aromatic carbocycles. The van der Waals surface area contributed by atoms with Crippen LogP contribution in [0.5, 0.6) is 0 Å². The number of fused-ring (bicyclic) bond motifs is 1. The molecule has 0 bridgehead atoms. The number of pyridine rings is 1. The molecule has 0 radical (unpaired) electrons. The van der Waals surface area contributed by atoms with E-state index in [1.807, 2.05) is 6.07 Å². The lowest BCUT2D eigenvalue weighted by Crippen LogP contribution is -2.45. The van der Waals surface area contributed by atoms with Gasteiger partial charge in [-0.2, -0.15) is 4.31 Å². The van der Waals surface area contributed by atoms with Crippen LogP contribution in [0.2, 0.25) is 0 Å². The third-order valence-corrected chi connectivity index (χ3v) is 6.25. The second kappa shape index (κ2) is 5.64. The van der Waals surface area contributed by atoms with Gasteiger partial charge in [0.25, 0.3) is 0 Å². The highest BCUT2D eigenvalue weighted by atomic mass is 79.9. The van der Waals surface area contributed by atoms with E-state index in [0.29, 0.717) is 27.8 Å². The maximum atomic E-state index is 12.9. The lowest BCUT2D eigenvalue weighted by Gasteiger charge is -2.30.